The van der Waals surface area contributed by atoms with E-state index >= 15 is 0 Å². The molecule has 0 aromatic carbocycles. The molecule has 0 radical (unpaired) electrons. The quantitative estimate of drug-likeness (QED) is 0.595. The zero-order chi connectivity index (χ0) is 13.3. The summed E-state index contributed by atoms with van der Waals surface area (Å²) >= 11 is 0. The SMILES string of the molecule is CC1(C)CCCC(=O)N1c1ccc([N+](=O)[O-])nc1. The molecule has 0 N–H and O–H groups in total. The molecule has 6 heteroatoms. The summed E-state index contributed by atoms with van der Waals surface area (Å²) in [6.45, 7) is 3.98. The number of carbonyl (C=O) groups excluding carboxylic acids is 1. The van der Waals surface area contributed by atoms with Crippen LogP contribution in [0, 0.1) is 10.1 Å². The summed E-state index contributed by atoms with van der Waals surface area (Å²) in [4.78, 5) is 27.4. The van der Waals surface area contributed by atoms with E-state index in [-0.39, 0.29) is 17.3 Å². The number of piperidine rings is 1. The molecule has 0 saturated carbocycles. The van der Waals surface area contributed by atoms with E-state index in [9.17, 15) is 14.9 Å². The fraction of sp³-hybridized carbons (Fsp3) is 0.500. The lowest BCUT2D eigenvalue weighted by Gasteiger charge is -2.41. The minimum absolute atomic E-state index is 0.0434. The molecule has 0 bridgehead atoms. The molecule has 96 valence electrons. The van der Waals surface area contributed by atoms with Crippen LogP contribution in [-0.4, -0.2) is 21.4 Å². The first-order valence-electron chi connectivity index (χ1n) is 5.85. The van der Waals surface area contributed by atoms with Crippen LogP contribution in [0.5, 0.6) is 0 Å². The first-order valence-corrected chi connectivity index (χ1v) is 5.85. The zero-order valence-corrected chi connectivity index (χ0v) is 10.4. The molecule has 18 heavy (non-hydrogen) atoms. The normalized spacial score (nSPS) is 18.8. The Labute approximate surface area is 105 Å². The molecular formula is C12H15N3O3. The minimum atomic E-state index is -0.549. The van der Waals surface area contributed by atoms with E-state index in [0.717, 1.165) is 12.8 Å². The predicted molar refractivity (Wildman–Crippen MR) is 66.3 cm³/mol. The van der Waals surface area contributed by atoms with Gasteiger partial charge in [0.2, 0.25) is 5.91 Å². The van der Waals surface area contributed by atoms with Crippen molar-refractivity contribution in [3.05, 3.63) is 28.4 Å². The van der Waals surface area contributed by atoms with Gasteiger partial charge in [-0.1, -0.05) is 0 Å². The highest BCUT2D eigenvalue weighted by molar-refractivity contribution is 5.95. The second-order valence-electron chi connectivity index (χ2n) is 5.03. The van der Waals surface area contributed by atoms with Gasteiger partial charge in [0.25, 0.3) is 0 Å². The number of nitro groups is 1. The van der Waals surface area contributed by atoms with Crippen LogP contribution in [0.2, 0.25) is 0 Å². The van der Waals surface area contributed by atoms with E-state index in [1.807, 2.05) is 13.8 Å². The predicted octanol–water partition coefficient (Wildman–Crippen LogP) is 2.29. The topological polar surface area (TPSA) is 76.3 Å². The summed E-state index contributed by atoms with van der Waals surface area (Å²) < 4.78 is 0. The second kappa shape index (κ2) is 4.36. The maximum absolute atomic E-state index is 12.0. The number of rotatable bonds is 2. The summed E-state index contributed by atoms with van der Waals surface area (Å²) in [6.07, 6.45) is 3.70. The third-order valence-electron chi connectivity index (χ3n) is 3.21. The van der Waals surface area contributed by atoms with Crippen molar-refractivity contribution in [2.45, 2.75) is 38.6 Å². The zero-order valence-electron chi connectivity index (χ0n) is 10.4. The van der Waals surface area contributed by atoms with Gasteiger partial charge in [0, 0.05) is 18.0 Å². The Morgan fingerprint density at radius 1 is 1.44 bits per heavy atom. The summed E-state index contributed by atoms with van der Waals surface area (Å²) in [5, 5.41) is 10.5. The molecule has 2 heterocycles. The molecule has 0 aliphatic carbocycles. The molecule has 1 amide bonds. The van der Waals surface area contributed by atoms with Crippen molar-refractivity contribution in [2.75, 3.05) is 4.90 Å². The minimum Gasteiger partial charge on any atom is -0.358 e. The molecular weight excluding hydrogens is 234 g/mol. The van der Waals surface area contributed by atoms with Crippen LogP contribution >= 0.6 is 0 Å². The van der Waals surface area contributed by atoms with E-state index in [0.29, 0.717) is 12.1 Å². The maximum atomic E-state index is 12.0. The van der Waals surface area contributed by atoms with Gasteiger partial charge in [-0.25, -0.2) is 0 Å². The van der Waals surface area contributed by atoms with Crippen molar-refractivity contribution in [2.24, 2.45) is 0 Å². The van der Waals surface area contributed by atoms with Crippen molar-refractivity contribution in [3.63, 3.8) is 0 Å². The maximum Gasteiger partial charge on any atom is 0.363 e. The second-order valence-corrected chi connectivity index (χ2v) is 5.03. The third-order valence-corrected chi connectivity index (χ3v) is 3.21. The van der Waals surface area contributed by atoms with Gasteiger partial charge in [-0.15, -0.1) is 0 Å². The van der Waals surface area contributed by atoms with E-state index in [1.54, 1.807) is 11.0 Å². The molecule has 0 unspecified atom stereocenters. The highest BCUT2D eigenvalue weighted by Crippen LogP contribution is 2.33. The van der Waals surface area contributed by atoms with Crippen LogP contribution in [0.4, 0.5) is 11.5 Å². The van der Waals surface area contributed by atoms with Crippen LogP contribution < -0.4 is 4.90 Å². The van der Waals surface area contributed by atoms with E-state index in [4.69, 9.17) is 0 Å². The summed E-state index contributed by atoms with van der Waals surface area (Å²) in [6, 6.07) is 2.91. The number of carbonyl (C=O) groups is 1. The number of hydrogen-bond acceptors (Lipinski definition) is 4. The number of nitrogens with zero attached hydrogens (tertiary/aromatic N) is 3. The average molecular weight is 249 g/mol. The van der Waals surface area contributed by atoms with Gasteiger partial charge in [-0.05, 0) is 42.7 Å². The van der Waals surface area contributed by atoms with Gasteiger partial charge in [0.05, 0.1) is 5.69 Å². The van der Waals surface area contributed by atoms with Gasteiger partial charge in [0.1, 0.15) is 0 Å². The summed E-state index contributed by atoms with van der Waals surface area (Å²) in [5.74, 6) is -0.164. The van der Waals surface area contributed by atoms with Crippen LogP contribution in [0.15, 0.2) is 18.3 Å². The van der Waals surface area contributed by atoms with Crippen molar-refractivity contribution in [1.29, 1.82) is 0 Å². The van der Waals surface area contributed by atoms with Crippen LogP contribution in [0.1, 0.15) is 33.1 Å². The Morgan fingerprint density at radius 3 is 2.67 bits per heavy atom. The average Bonchev–Trinajstić information content (AvgIpc) is 2.28. The lowest BCUT2D eigenvalue weighted by molar-refractivity contribution is -0.389. The Hall–Kier alpha value is -1.98. The smallest absolute Gasteiger partial charge is 0.358 e. The largest absolute Gasteiger partial charge is 0.363 e. The highest BCUT2D eigenvalue weighted by Gasteiger charge is 2.36. The Balaban J connectivity index is 2.34. The monoisotopic (exact) mass is 249 g/mol. The molecule has 1 fully saturated rings. The fourth-order valence-corrected chi connectivity index (χ4v) is 2.35. The van der Waals surface area contributed by atoms with Gasteiger partial charge >= 0.3 is 5.82 Å². The lowest BCUT2D eigenvalue weighted by Crippen LogP contribution is -2.51. The van der Waals surface area contributed by atoms with Crippen molar-refractivity contribution >= 4 is 17.4 Å². The molecule has 1 aromatic heterocycles. The fourth-order valence-electron chi connectivity index (χ4n) is 2.35. The number of anilines is 1. The van der Waals surface area contributed by atoms with Crippen molar-refractivity contribution in [1.82, 2.24) is 4.98 Å². The van der Waals surface area contributed by atoms with E-state index in [1.165, 1.54) is 12.3 Å². The molecule has 0 spiro atoms. The Bertz CT molecular complexity index is 482. The Morgan fingerprint density at radius 2 is 2.17 bits per heavy atom. The molecule has 1 saturated heterocycles. The first kappa shape index (κ1) is 12.5. The van der Waals surface area contributed by atoms with E-state index < -0.39 is 4.92 Å². The molecule has 0 atom stereocenters. The van der Waals surface area contributed by atoms with E-state index in [2.05, 4.69) is 4.98 Å². The number of aromatic nitrogens is 1. The highest BCUT2D eigenvalue weighted by atomic mass is 16.6. The van der Waals surface area contributed by atoms with Gasteiger partial charge < -0.3 is 15.0 Å². The molecule has 1 aliphatic rings. The lowest BCUT2D eigenvalue weighted by atomic mass is 9.89. The number of pyridine rings is 1. The standard InChI is InChI=1S/C12H15N3O3/c1-12(2)7-3-4-11(16)14(12)9-5-6-10(13-8-9)15(17)18/h5-6,8H,3-4,7H2,1-2H3. The first-order chi connectivity index (χ1) is 8.42. The van der Waals surface area contributed by atoms with Crippen LogP contribution in [0.25, 0.3) is 0 Å². The third kappa shape index (κ3) is 2.18. The summed E-state index contributed by atoms with van der Waals surface area (Å²) in [5.41, 5.74) is 0.350. The van der Waals surface area contributed by atoms with Crippen LogP contribution in [0.3, 0.4) is 0 Å². The van der Waals surface area contributed by atoms with Gasteiger partial charge in [-0.3, -0.25) is 4.79 Å². The molecule has 1 aromatic rings. The molecule has 6 nitrogen and oxygen atoms in total. The number of hydrogen-bond donors (Lipinski definition) is 0. The Kier molecular flexibility index (Phi) is 3.02. The molecule has 2 rings (SSSR count). The van der Waals surface area contributed by atoms with Crippen LogP contribution in [-0.2, 0) is 4.79 Å². The van der Waals surface area contributed by atoms with Crippen molar-refractivity contribution < 1.29 is 9.72 Å². The van der Waals surface area contributed by atoms with Crippen molar-refractivity contribution in [3.8, 4) is 0 Å². The van der Waals surface area contributed by atoms with Gasteiger partial charge in [-0.2, -0.15) is 0 Å². The number of amides is 1. The van der Waals surface area contributed by atoms with Gasteiger partial charge in [0.15, 0.2) is 6.20 Å². The molecule has 1 aliphatic heterocycles. The summed E-state index contributed by atoms with van der Waals surface area (Å²) in [7, 11) is 0.